The van der Waals surface area contributed by atoms with Gasteiger partial charge in [-0.1, -0.05) is 0 Å². The van der Waals surface area contributed by atoms with Gasteiger partial charge in [0.25, 0.3) is 0 Å². The zero-order valence-electron chi connectivity index (χ0n) is 9.08. The Kier molecular flexibility index (Phi) is 3.54. The van der Waals surface area contributed by atoms with Crippen LogP contribution in [0.2, 0.25) is 0 Å². The van der Waals surface area contributed by atoms with Crippen LogP contribution in [0.15, 0.2) is 11.4 Å². The van der Waals surface area contributed by atoms with Gasteiger partial charge in [0.2, 0.25) is 0 Å². The van der Waals surface area contributed by atoms with Crippen molar-refractivity contribution in [1.29, 1.82) is 0 Å². The van der Waals surface area contributed by atoms with E-state index in [4.69, 9.17) is 0 Å². The minimum absolute atomic E-state index is 0.328. The summed E-state index contributed by atoms with van der Waals surface area (Å²) >= 11 is 1.57. The number of carbonyl (C=O) groups is 1. The van der Waals surface area contributed by atoms with Crippen LogP contribution in [0.3, 0.4) is 0 Å². The zero-order chi connectivity index (χ0) is 10.7. The first-order chi connectivity index (χ1) is 7.27. The molecule has 0 amide bonds. The molecule has 2 nitrogen and oxygen atoms in total. The lowest BCUT2D eigenvalue weighted by molar-refractivity contribution is 0.0978. The Morgan fingerprint density at radius 2 is 2.53 bits per heavy atom. The van der Waals surface area contributed by atoms with Crippen molar-refractivity contribution in [2.24, 2.45) is 5.92 Å². The summed E-state index contributed by atoms with van der Waals surface area (Å²) in [6.45, 7) is 4.23. The minimum Gasteiger partial charge on any atom is -0.316 e. The maximum absolute atomic E-state index is 11.9. The summed E-state index contributed by atoms with van der Waals surface area (Å²) in [5, 5.41) is 5.33. The van der Waals surface area contributed by atoms with E-state index in [-0.39, 0.29) is 0 Å². The smallest absolute Gasteiger partial charge is 0.173 e. The molecule has 1 fully saturated rings. The van der Waals surface area contributed by atoms with Gasteiger partial charge in [0, 0.05) is 6.42 Å². The van der Waals surface area contributed by atoms with Gasteiger partial charge < -0.3 is 5.32 Å². The second-order valence-electron chi connectivity index (χ2n) is 4.25. The SMILES string of the molecule is Cc1ccsc1C(=O)CCC1CCNC1. The predicted molar refractivity (Wildman–Crippen MR) is 63.6 cm³/mol. The van der Waals surface area contributed by atoms with Crippen LogP contribution in [0, 0.1) is 12.8 Å². The van der Waals surface area contributed by atoms with E-state index in [1.807, 2.05) is 18.4 Å². The summed E-state index contributed by atoms with van der Waals surface area (Å²) in [6, 6.07) is 2.02. The maximum Gasteiger partial charge on any atom is 0.173 e. The topological polar surface area (TPSA) is 29.1 Å². The Balaban J connectivity index is 1.84. The molecule has 1 unspecified atom stereocenters. The number of hydrogen-bond donors (Lipinski definition) is 1. The molecule has 1 saturated heterocycles. The Morgan fingerprint density at radius 3 is 3.13 bits per heavy atom. The monoisotopic (exact) mass is 223 g/mol. The molecule has 1 atom stereocenters. The fourth-order valence-electron chi connectivity index (χ4n) is 2.07. The molecular formula is C12H17NOS. The number of thiophene rings is 1. The van der Waals surface area contributed by atoms with E-state index in [1.165, 1.54) is 6.42 Å². The molecule has 0 spiro atoms. The number of ketones is 1. The second-order valence-corrected chi connectivity index (χ2v) is 5.17. The Labute approximate surface area is 94.7 Å². The first-order valence-electron chi connectivity index (χ1n) is 5.55. The van der Waals surface area contributed by atoms with Crippen molar-refractivity contribution in [3.05, 3.63) is 21.9 Å². The molecular weight excluding hydrogens is 206 g/mol. The molecule has 3 heteroatoms. The van der Waals surface area contributed by atoms with E-state index in [0.29, 0.717) is 18.1 Å². The average Bonchev–Trinajstić information content (AvgIpc) is 2.84. The first-order valence-corrected chi connectivity index (χ1v) is 6.43. The first kappa shape index (κ1) is 10.8. The van der Waals surface area contributed by atoms with Crippen molar-refractivity contribution in [3.8, 4) is 0 Å². The van der Waals surface area contributed by atoms with Gasteiger partial charge >= 0.3 is 0 Å². The quantitative estimate of drug-likeness (QED) is 0.795. The molecule has 1 N–H and O–H groups in total. The molecule has 1 aliphatic heterocycles. The molecule has 15 heavy (non-hydrogen) atoms. The molecule has 0 aliphatic carbocycles. The summed E-state index contributed by atoms with van der Waals surface area (Å²) in [5.74, 6) is 1.05. The van der Waals surface area contributed by atoms with Crippen LogP contribution < -0.4 is 5.32 Å². The fraction of sp³-hybridized carbons (Fsp3) is 0.583. The van der Waals surface area contributed by atoms with Gasteiger partial charge in [-0.2, -0.15) is 0 Å². The number of Topliss-reactive ketones (excluding diaryl/α,β-unsaturated/α-hetero) is 1. The molecule has 0 bridgehead atoms. The van der Waals surface area contributed by atoms with Gasteiger partial charge in [0.15, 0.2) is 5.78 Å². The summed E-state index contributed by atoms with van der Waals surface area (Å²) in [5.41, 5.74) is 1.13. The fourth-order valence-corrected chi connectivity index (χ4v) is 2.96. The molecule has 0 aromatic carbocycles. The molecule has 0 saturated carbocycles. The molecule has 1 aromatic heterocycles. The van der Waals surface area contributed by atoms with Gasteiger partial charge in [-0.05, 0) is 55.8 Å². The van der Waals surface area contributed by atoms with Crippen molar-refractivity contribution in [3.63, 3.8) is 0 Å². The van der Waals surface area contributed by atoms with E-state index in [9.17, 15) is 4.79 Å². The van der Waals surface area contributed by atoms with Crippen LogP contribution in [0.4, 0.5) is 0 Å². The Bertz CT molecular complexity index is 339. The van der Waals surface area contributed by atoms with E-state index in [2.05, 4.69) is 5.32 Å². The third-order valence-electron chi connectivity index (χ3n) is 3.06. The van der Waals surface area contributed by atoms with E-state index in [0.717, 1.165) is 30.0 Å². The highest BCUT2D eigenvalue weighted by molar-refractivity contribution is 7.12. The van der Waals surface area contributed by atoms with Crippen molar-refractivity contribution < 1.29 is 4.79 Å². The Hall–Kier alpha value is -0.670. The lowest BCUT2D eigenvalue weighted by Gasteiger charge is -2.06. The molecule has 2 rings (SSSR count). The van der Waals surface area contributed by atoms with Gasteiger partial charge in [-0.3, -0.25) is 4.79 Å². The van der Waals surface area contributed by atoms with Crippen LogP contribution in [-0.2, 0) is 0 Å². The summed E-state index contributed by atoms with van der Waals surface area (Å²) in [6.07, 6.45) is 2.99. The summed E-state index contributed by atoms with van der Waals surface area (Å²) in [4.78, 5) is 12.8. The molecule has 2 heterocycles. The maximum atomic E-state index is 11.9. The van der Waals surface area contributed by atoms with Gasteiger partial charge in [0.05, 0.1) is 4.88 Å². The molecule has 1 aliphatic rings. The minimum atomic E-state index is 0.328. The third kappa shape index (κ3) is 2.67. The lowest BCUT2D eigenvalue weighted by atomic mass is 10.00. The van der Waals surface area contributed by atoms with E-state index >= 15 is 0 Å². The average molecular weight is 223 g/mol. The van der Waals surface area contributed by atoms with Crippen LogP contribution in [0.25, 0.3) is 0 Å². The Morgan fingerprint density at radius 1 is 1.67 bits per heavy atom. The normalized spacial score (nSPS) is 20.7. The van der Waals surface area contributed by atoms with Gasteiger partial charge in [0.1, 0.15) is 0 Å². The number of hydrogen-bond acceptors (Lipinski definition) is 3. The van der Waals surface area contributed by atoms with Crippen molar-refractivity contribution in [1.82, 2.24) is 5.32 Å². The number of nitrogens with one attached hydrogen (secondary N) is 1. The number of rotatable bonds is 4. The van der Waals surface area contributed by atoms with Crippen LogP contribution in [0.5, 0.6) is 0 Å². The summed E-state index contributed by atoms with van der Waals surface area (Å²) < 4.78 is 0. The highest BCUT2D eigenvalue weighted by Crippen LogP contribution is 2.21. The second kappa shape index (κ2) is 4.90. The largest absolute Gasteiger partial charge is 0.316 e. The predicted octanol–water partition coefficient (Wildman–Crippen LogP) is 2.63. The highest BCUT2D eigenvalue weighted by Gasteiger charge is 2.17. The van der Waals surface area contributed by atoms with E-state index in [1.54, 1.807) is 11.3 Å². The van der Waals surface area contributed by atoms with E-state index < -0.39 is 0 Å². The standard InChI is InChI=1S/C12H17NOS/c1-9-5-7-15-12(9)11(14)3-2-10-4-6-13-8-10/h5,7,10,13H,2-4,6,8H2,1H3. The lowest BCUT2D eigenvalue weighted by Crippen LogP contribution is -2.10. The van der Waals surface area contributed by atoms with Crippen LogP contribution in [-0.4, -0.2) is 18.9 Å². The van der Waals surface area contributed by atoms with Crippen molar-refractivity contribution >= 4 is 17.1 Å². The number of carbonyl (C=O) groups excluding carboxylic acids is 1. The molecule has 82 valence electrons. The highest BCUT2D eigenvalue weighted by atomic mass is 32.1. The zero-order valence-corrected chi connectivity index (χ0v) is 9.90. The van der Waals surface area contributed by atoms with Crippen molar-refractivity contribution in [2.75, 3.05) is 13.1 Å². The van der Waals surface area contributed by atoms with Crippen LogP contribution in [0.1, 0.15) is 34.5 Å². The summed E-state index contributed by atoms with van der Waals surface area (Å²) in [7, 11) is 0. The number of aryl methyl sites for hydroxylation is 1. The third-order valence-corrected chi connectivity index (χ3v) is 4.11. The van der Waals surface area contributed by atoms with Crippen molar-refractivity contribution in [2.45, 2.75) is 26.2 Å². The molecule has 0 radical (unpaired) electrons. The molecule has 1 aromatic rings. The van der Waals surface area contributed by atoms with Gasteiger partial charge in [-0.25, -0.2) is 0 Å². The van der Waals surface area contributed by atoms with Crippen LogP contribution >= 0.6 is 11.3 Å². The van der Waals surface area contributed by atoms with Gasteiger partial charge in [-0.15, -0.1) is 11.3 Å².